The molecule has 6 nitrogen and oxygen atoms in total. The molecule has 0 radical (unpaired) electrons. The molecule has 3 atom stereocenters. The van der Waals surface area contributed by atoms with Crippen molar-refractivity contribution in [3.05, 3.63) is 23.5 Å². The Hall–Kier alpha value is -1.15. The molecule has 0 N–H and O–H groups in total. The molecule has 32 heavy (non-hydrogen) atoms. The third-order valence-corrected chi connectivity index (χ3v) is 11.2. The lowest BCUT2D eigenvalue weighted by atomic mass is 9.87. The second kappa shape index (κ2) is 9.61. The predicted molar refractivity (Wildman–Crippen MR) is 129 cm³/mol. The topological polar surface area (TPSA) is 63.2 Å². The van der Waals surface area contributed by atoms with E-state index in [0.717, 1.165) is 11.3 Å². The summed E-state index contributed by atoms with van der Waals surface area (Å²) in [5.41, 5.74) is 0.552. The van der Waals surface area contributed by atoms with Crippen molar-refractivity contribution in [1.82, 2.24) is 0 Å². The second-order valence-electron chi connectivity index (χ2n) is 11.7. The van der Waals surface area contributed by atoms with Gasteiger partial charge in [0.2, 0.25) is 0 Å². The van der Waals surface area contributed by atoms with E-state index < -0.39 is 14.1 Å². The lowest BCUT2D eigenvalue weighted by molar-refractivity contribution is -0.147. The molecule has 2 aliphatic heterocycles. The number of carbonyl (C=O) groups excluding carboxylic acids is 1. The molecule has 0 unspecified atom stereocenters. The molecule has 0 aliphatic carbocycles. The van der Waals surface area contributed by atoms with Crippen molar-refractivity contribution in [2.24, 2.45) is 5.41 Å². The first-order valence-corrected chi connectivity index (χ1v) is 14.5. The van der Waals surface area contributed by atoms with Crippen LogP contribution in [0.15, 0.2) is 23.5 Å². The minimum Gasteiger partial charge on any atom is -0.494 e. The second-order valence-corrected chi connectivity index (χ2v) is 16.6. The summed E-state index contributed by atoms with van der Waals surface area (Å²) in [4.78, 5) is 12.0. The van der Waals surface area contributed by atoms with E-state index in [9.17, 15) is 4.79 Å². The SMILES string of the molecule is COC(=O)/C=C1\C=C(C(C)(C)CO[Si](C)(C)C(C)(C)C)O[C@H](C[C@H]2OC(C)(C)O[C@@H]2C)C1. The summed E-state index contributed by atoms with van der Waals surface area (Å²) in [5, 5.41) is 0.131. The Morgan fingerprint density at radius 2 is 1.84 bits per heavy atom. The molecular formula is C25H44O6Si. The van der Waals surface area contributed by atoms with Crippen LogP contribution in [0.3, 0.4) is 0 Å². The zero-order chi connectivity index (χ0) is 24.5. The van der Waals surface area contributed by atoms with Crippen molar-refractivity contribution in [2.75, 3.05) is 13.7 Å². The van der Waals surface area contributed by atoms with Gasteiger partial charge in [0.15, 0.2) is 14.1 Å². The van der Waals surface area contributed by atoms with Crippen LogP contribution in [0.25, 0.3) is 0 Å². The minimum atomic E-state index is -1.91. The van der Waals surface area contributed by atoms with Crippen LogP contribution in [0, 0.1) is 5.41 Å². The molecule has 0 bridgehead atoms. The fourth-order valence-corrected chi connectivity index (χ4v) is 4.86. The van der Waals surface area contributed by atoms with Gasteiger partial charge in [-0.05, 0) is 50.6 Å². The highest BCUT2D eigenvalue weighted by Crippen LogP contribution is 2.41. The van der Waals surface area contributed by atoms with Gasteiger partial charge in [0.25, 0.3) is 0 Å². The van der Waals surface area contributed by atoms with Crippen molar-refractivity contribution in [3.63, 3.8) is 0 Å². The van der Waals surface area contributed by atoms with Crippen LogP contribution in [-0.4, -0.2) is 52.1 Å². The molecule has 0 spiro atoms. The molecule has 184 valence electrons. The van der Waals surface area contributed by atoms with Crippen LogP contribution < -0.4 is 0 Å². The van der Waals surface area contributed by atoms with E-state index in [1.165, 1.54) is 7.11 Å². The first-order chi connectivity index (χ1) is 14.5. The molecule has 0 aromatic rings. The Labute approximate surface area is 195 Å². The third kappa shape index (κ3) is 6.92. The third-order valence-electron chi connectivity index (χ3n) is 6.77. The van der Waals surface area contributed by atoms with Crippen molar-refractivity contribution >= 4 is 14.3 Å². The summed E-state index contributed by atoms with van der Waals surface area (Å²) >= 11 is 0. The predicted octanol–water partition coefficient (Wildman–Crippen LogP) is 5.74. The van der Waals surface area contributed by atoms with Gasteiger partial charge in [-0.25, -0.2) is 4.79 Å². The lowest BCUT2D eigenvalue weighted by Gasteiger charge is -2.41. The highest BCUT2D eigenvalue weighted by atomic mass is 28.4. The Balaban J connectivity index is 2.22. The molecule has 2 heterocycles. The van der Waals surface area contributed by atoms with E-state index in [0.29, 0.717) is 19.4 Å². The standard InChI is InChI=1S/C25H44O6Si/c1-17-20(31-25(7,8)30-17)15-19-12-18(14-22(26)27-9)13-21(29-19)24(5,6)16-28-32(10,11)23(2,3)4/h13-14,17,19-20H,12,15-16H2,1-11H3/b18-14-/t17-,19+,20-/m1/s1. The van der Waals surface area contributed by atoms with E-state index >= 15 is 0 Å². The fourth-order valence-electron chi connectivity index (χ4n) is 3.70. The van der Waals surface area contributed by atoms with E-state index in [1.54, 1.807) is 6.08 Å². The molecule has 0 saturated carbocycles. The molecule has 2 rings (SSSR count). The van der Waals surface area contributed by atoms with Crippen LogP contribution in [-0.2, 0) is 28.2 Å². The maximum Gasteiger partial charge on any atom is 0.330 e. The van der Waals surface area contributed by atoms with E-state index in [2.05, 4.69) is 47.7 Å². The van der Waals surface area contributed by atoms with E-state index in [-0.39, 0.29) is 34.7 Å². The molecule has 0 aromatic carbocycles. The zero-order valence-electron chi connectivity index (χ0n) is 22.0. The van der Waals surface area contributed by atoms with Crippen molar-refractivity contribution < 1.29 is 28.2 Å². The maximum absolute atomic E-state index is 12.0. The summed E-state index contributed by atoms with van der Waals surface area (Å²) in [6, 6.07) is 0. The fraction of sp³-hybridized carbons (Fsp3) is 0.800. The number of methoxy groups -OCH3 is 1. The molecule has 7 heteroatoms. The maximum atomic E-state index is 12.0. The van der Waals surface area contributed by atoms with Gasteiger partial charge in [0.05, 0.1) is 19.3 Å². The lowest BCUT2D eigenvalue weighted by Crippen LogP contribution is -2.44. The minimum absolute atomic E-state index is 0.0223. The molecule has 1 saturated heterocycles. The van der Waals surface area contributed by atoms with Crippen molar-refractivity contribution in [2.45, 2.75) is 110 Å². The van der Waals surface area contributed by atoms with Crippen LogP contribution in [0.5, 0.6) is 0 Å². The van der Waals surface area contributed by atoms with Crippen molar-refractivity contribution in [1.29, 1.82) is 0 Å². The monoisotopic (exact) mass is 468 g/mol. The van der Waals surface area contributed by atoms with Gasteiger partial charge in [0.1, 0.15) is 11.9 Å². The van der Waals surface area contributed by atoms with Gasteiger partial charge in [0, 0.05) is 30.9 Å². The van der Waals surface area contributed by atoms with Gasteiger partial charge >= 0.3 is 5.97 Å². The van der Waals surface area contributed by atoms with Crippen LogP contribution in [0.4, 0.5) is 0 Å². The average molecular weight is 469 g/mol. The van der Waals surface area contributed by atoms with E-state index in [1.807, 2.05) is 26.8 Å². The number of hydrogen-bond donors (Lipinski definition) is 0. The Kier molecular flexibility index (Phi) is 8.13. The van der Waals surface area contributed by atoms with Gasteiger partial charge in [-0.3, -0.25) is 0 Å². The zero-order valence-corrected chi connectivity index (χ0v) is 23.0. The largest absolute Gasteiger partial charge is 0.494 e. The number of esters is 1. The van der Waals surface area contributed by atoms with Crippen LogP contribution >= 0.6 is 0 Å². The molecular weight excluding hydrogens is 424 g/mol. The number of ether oxygens (including phenoxy) is 4. The molecule has 0 amide bonds. The van der Waals surface area contributed by atoms with E-state index in [4.69, 9.17) is 23.4 Å². The van der Waals surface area contributed by atoms with Crippen LogP contribution in [0.1, 0.15) is 68.2 Å². The number of rotatable bonds is 7. The number of hydrogen-bond acceptors (Lipinski definition) is 6. The number of carbonyl (C=O) groups is 1. The summed E-state index contributed by atoms with van der Waals surface area (Å²) in [6.45, 7) is 21.9. The molecule has 1 fully saturated rings. The summed E-state index contributed by atoms with van der Waals surface area (Å²) in [5.74, 6) is -0.131. The van der Waals surface area contributed by atoms with Gasteiger partial charge in [-0.2, -0.15) is 0 Å². The summed E-state index contributed by atoms with van der Waals surface area (Å²) in [7, 11) is -0.513. The summed E-state index contributed by atoms with van der Waals surface area (Å²) in [6.07, 6.45) is 4.61. The highest BCUT2D eigenvalue weighted by Gasteiger charge is 2.43. The summed E-state index contributed by atoms with van der Waals surface area (Å²) < 4.78 is 29.9. The number of allylic oxidation sites excluding steroid dienone is 1. The van der Waals surface area contributed by atoms with Crippen LogP contribution in [0.2, 0.25) is 18.1 Å². The van der Waals surface area contributed by atoms with Gasteiger partial charge in [-0.15, -0.1) is 0 Å². The molecule has 0 aromatic heterocycles. The first kappa shape index (κ1) is 27.1. The van der Waals surface area contributed by atoms with Crippen molar-refractivity contribution in [3.8, 4) is 0 Å². The Morgan fingerprint density at radius 3 is 2.34 bits per heavy atom. The van der Waals surface area contributed by atoms with Gasteiger partial charge < -0.3 is 23.4 Å². The quantitative estimate of drug-likeness (QED) is 0.270. The van der Waals surface area contributed by atoms with Gasteiger partial charge in [-0.1, -0.05) is 34.6 Å². The normalized spacial score (nSPS) is 27.8. The highest BCUT2D eigenvalue weighted by molar-refractivity contribution is 6.74. The Bertz CT molecular complexity index is 744. The average Bonchev–Trinajstić information content (AvgIpc) is 2.90. The smallest absolute Gasteiger partial charge is 0.330 e. The first-order valence-electron chi connectivity index (χ1n) is 11.6. The Morgan fingerprint density at radius 1 is 1.22 bits per heavy atom. The molecule has 2 aliphatic rings.